The Balaban J connectivity index is 2.59. The maximum atomic E-state index is 11.0. The Kier molecular flexibility index (Phi) is 1.90. The number of amides is 1. The van der Waals surface area contributed by atoms with Gasteiger partial charge in [0.15, 0.2) is 0 Å². The van der Waals surface area contributed by atoms with Gasteiger partial charge in [0.1, 0.15) is 0 Å². The highest BCUT2D eigenvalue weighted by molar-refractivity contribution is 5.90. The van der Waals surface area contributed by atoms with Gasteiger partial charge in [-0.3, -0.25) is 4.79 Å². The zero-order valence-electron chi connectivity index (χ0n) is 6.08. The molecule has 1 rings (SSSR count). The molecule has 0 aliphatic carbocycles. The molecule has 54 valence electrons. The first-order chi connectivity index (χ1) is 4.75. The quantitative estimate of drug-likeness (QED) is 0.519. The zero-order chi connectivity index (χ0) is 7.56. The van der Waals surface area contributed by atoms with E-state index < -0.39 is 0 Å². The first-order valence-electron chi connectivity index (χ1n) is 3.35. The second kappa shape index (κ2) is 2.69. The molecule has 0 saturated heterocycles. The summed E-state index contributed by atoms with van der Waals surface area (Å²) in [6.07, 6.45) is 5.24. The van der Waals surface area contributed by atoms with Crippen LogP contribution >= 0.6 is 0 Å². The van der Waals surface area contributed by atoms with E-state index in [1.165, 1.54) is 0 Å². The molecule has 0 aromatic carbocycles. The number of rotatable bonds is 2. The topological polar surface area (TPSA) is 20.3 Å². The van der Waals surface area contributed by atoms with Crippen LogP contribution in [-0.2, 0) is 4.79 Å². The molecule has 0 radical (unpaired) electrons. The second-order valence-electron chi connectivity index (χ2n) is 2.38. The third-order valence-corrected chi connectivity index (χ3v) is 1.62. The van der Waals surface area contributed by atoms with Gasteiger partial charge in [-0.1, -0.05) is 12.2 Å². The number of nitrogens with zero attached hydrogens (tertiary/aromatic N) is 1. The molecule has 0 bridgehead atoms. The summed E-state index contributed by atoms with van der Waals surface area (Å²) < 4.78 is 0. The van der Waals surface area contributed by atoms with Gasteiger partial charge in [0, 0.05) is 18.7 Å². The molecule has 2 nitrogen and oxygen atoms in total. The molecule has 0 N–H and O–H groups in total. The second-order valence-corrected chi connectivity index (χ2v) is 2.38. The number of carbonyl (C=O) groups is 1. The SMILES string of the molecule is C=CCN1C(=O)C=C[C@H]1C. The molecule has 10 heavy (non-hydrogen) atoms. The summed E-state index contributed by atoms with van der Waals surface area (Å²) in [6.45, 7) is 6.21. The number of hydrogen-bond acceptors (Lipinski definition) is 1. The lowest BCUT2D eigenvalue weighted by Gasteiger charge is -2.18. The summed E-state index contributed by atoms with van der Waals surface area (Å²) in [5.41, 5.74) is 0. The van der Waals surface area contributed by atoms with Crippen molar-refractivity contribution < 1.29 is 4.79 Å². The van der Waals surface area contributed by atoms with Crippen molar-refractivity contribution >= 4 is 5.91 Å². The maximum Gasteiger partial charge on any atom is 0.247 e. The molecule has 1 atom stereocenters. The van der Waals surface area contributed by atoms with Crippen molar-refractivity contribution in [2.75, 3.05) is 6.54 Å². The molecule has 0 saturated carbocycles. The number of carbonyl (C=O) groups excluding carboxylic acids is 1. The molecule has 1 aliphatic heterocycles. The first-order valence-corrected chi connectivity index (χ1v) is 3.35. The van der Waals surface area contributed by atoms with Crippen LogP contribution in [0.15, 0.2) is 24.8 Å². The smallest absolute Gasteiger partial charge is 0.247 e. The fourth-order valence-corrected chi connectivity index (χ4v) is 1.02. The molecule has 2 heteroatoms. The maximum absolute atomic E-state index is 11.0. The summed E-state index contributed by atoms with van der Waals surface area (Å²) in [6, 6.07) is 0.241. The first kappa shape index (κ1) is 7.06. The van der Waals surface area contributed by atoms with Crippen molar-refractivity contribution in [3.8, 4) is 0 Å². The predicted molar refractivity (Wildman–Crippen MR) is 40.5 cm³/mol. The van der Waals surface area contributed by atoms with E-state index in [1.54, 1.807) is 17.1 Å². The van der Waals surface area contributed by atoms with Crippen molar-refractivity contribution in [2.45, 2.75) is 13.0 Å². The molecule has 0 spiro atoms. The molecule has 0 aromatic rings. The minimum Gasteiger partial charge on any atom is -0.329 e. The van der Waals surface area contributed by atoms with Crippen LogP contribution in [0, 0.1) is 0 Å². The van der Waals surface area contributed by atoms with E-state index in [-0.39, 0.29) is 11.9 Å². The van der Waals surface area contributed by atoms with Crippen molar-refractivity contribution in [3.05, 3.63) is 24.8 Å². The van der Waals surface area contributed by atoms with Crippen LogP contribution < -0.4 is 0 Å². The average molecular weight is 137 g/mol. The van der Waals surface area contributed by atoms with Crippen molar-refractivity contribution in [2.24, 2.45) is 0 Å². The third-order valence-electron chi connectivity index (χ3n) is 1.62. The van der Waals surface area contributed by atoms with Crippen LogP contribution in [0.4, 0.5) is 0 Å². The highest BCUT2D eigenvalue weighted by Crippen LogP contribution is 2.08. The van der Waals surface area contributed by atoms with Gasteiger partial charge < -0.3 is 4.90 Å². The Morgan fingerprint density at radius 3 is 3.00 bits per heavy atom. The highest BCUT2D eigenvalue weighted by atomic mass is 16.2. The Hall–Kier alpha value is -1.05. The fourth-order valence-electron chi connectivity index (χ4n) is 1.02. The molecule has 1 amide bonds. The Labute approximate surface area is 60.8 Å². The van der Waals surface area contributed by atoms with Crippen molar-refractivity contribution in [1.82, 2.24) is 4.90 Å². The van der Waals surface area contributed by atoms with Crippen molar-refractivity contribution in [1.29, 1.82) is 0 Å². The average Bonchev–Trinajstić information content (AvgIpc) is 2.20. The minimum atomic E-state index is 0.0902. The molecule has 0 fully saturated rings. The summed E-state index contributed by atoms with van der Waals surface area (Å²) in [5.74, 6) is 0.0902. The van der Waals surface area contributed by atoms with E-state index in [4.69, 9.17) is 0 Å². The van der Waals surface area contributed by atoms with Crippen LogP contribution in [0.5, 0.6) is 0 Å². The normalized spacial score (nSPS) is 23.9. The van der Waals surface area contributed by atoms with Crippen LogP contribution in [0.3, 0.4) is 0 Å². The lowest BCUT2D eigenvalue weighted by molar-refractivity contribution is -0.125. The Morgan fingerprint density at radius 2 is 2.60 bits per heavy atom. The van der Waals surface area contributed by atoms with Gasteiger partial charge in [-0.15, -0.1) is 6.58 Å². The standard InChI is InChI=1S/C8H11NO/c1-3-6-9-7(2)4-5-8(9)10/h3-5,7H,1,6H2,2H3/t7-/m1/s1. The van der Waals surface area contributed by atoms with E-state index >= 15 is 0 Å². The van der Waals surface area contributed by atoms with Crippen LogP contribution in [-0.4, -0.2) is 23.4 Å². The number of hydrogen-bond donors (Lipinski definition) is 0. The molecule has 1 heterocycles. The highest BCUT2D eigenvalue weighted by Gasteiger charge is 2.19. The largest absolute Gasteiger partial charge is 0.329 e. The fraction of sp³-hybridized carbons (Fsp3) is 0.375. The van der Waals surface area contributed by atoms with Gasteiger partial charge in [-0.05, 0) is 6.92 Å². The molecule has 0 unspecified atom stereocenters. The summed E-state index contributed by atoms with van der Waals surface area (Å²) in [5, 5.41) is 0. The van der Waals surface area contributed by atoms with E-state index in [1.807, 2.05) is 13.0 Å². The lowest BCUT2D eigenvalue weighted by Crippen LogP contribution is -2.31. The van der Waals surface area contributed by atoms with Gasteiger partial charge in [0.2, 0.25) is 5.91 Å². The summed E-state index contributed by atoms with van der Waals surface area (Å²) >= 11 is 0. The summed E-state index contributed by atoms with van der Waals surface area (Å²) in [4.78, 5) is 12.7. The molecular formula is C8H11NO. The van der Waals surface area contributed by atoms with Crippen molar-refractivity contribution in [3.63, 3.8) is 0 Å². The molecule has 0 aromatic heterocycles. The lowest BCUT2D eigenvalue weighted by atomic mass is 10.3. The third kappa shape index (κ3) is 1.10. The van der Waals surface area contributed by atoms with Crippen LogP contribution in [0.25, 0.3) is 0 Å². The molecular weight excluding hydrogens is 126 g/mol. The van der Waals surface area contributed by atoms with Gasteiger partial charge in [-0.2, -0.15) is 0 Å². The monoisotopic (exact) mass is 137 g/mol. The van der Waals surface area contributed by atoms with E-state index in [2.05, 4.69) is 6.58 Å². The zero-order valence-corrected chi connectivity index (χ0v) is 6.08. The van der Waals surface area contributed by atoms with Gasteiger partial charge in [-0.25, -0.2) is 0 Å². The molecule has 1 aliphatic rings. The predicted octanol–water partition coefficient (Wildman–Crippen LogP) is 0.959. The van der Waals surface area contributed by atoms with Crippen LogP contribution in [0.2, 0.25) is 0 Å². The van der Waals surface area contributed by atoms with Gasteiger partial charge >= 0.3 is 0 Å². The summed E-state index contributed by atoms with van der Waals surface area (Å²) in [7, 11) is 0. The Bertz CT molecular complexity index is 184. The van der Waals surface area contributed by atoms with E-state index in [9.17, 15) is 4.79 Å². The van der Waals surface area contributed by atoms with Crippen LogP contribution in [0.1, 0.15) is 6.92 Å². The Morgan fingerprint density at radius 1 is 1.90 bits per heavy atom. The van der Waals surface area contributed by atoms with E-state index in [0.717, 1.165) is 0 Å². The minimum absolute atomic E-state index is 0.0902. The van der Waals surface area contributed by atoms with Gasteiger partial charge in [0.05, 0.1) is 0 Å². The van der Waals surface area contributed by atoms with E-state index in [0.29, 0.717) is 6.54 Å². The van der Waals surface area contributed by atoms with Gasteiger partial charge in [0.25, 0.3) is 0 Å².